The second-order valence-corrected chi connectivity index (χ2v) is 8.41. The average Bonchev–Trinajstić information content (AvgIpc) is 2.32. The van der Waals surface area contributed by atoms with Gasteiger partial charge in [0.25, 0.3) is 0 Å². The van der Waals surface area contributed by atoms with E-state index in [1.54, 1.807) is 0 Å². The molecule has 23 heavy (non-hydrogen) atoms. The molecule has 0 saturated heterocycles. The van der Waals surface area contributed by atoms with Crippen molar-refractivity contribution in [1.82, 2.24) is 9.71 Å². The Balaban J connectivity index is 3.37. The smallest absolute Gasteiger partial charge is 0.251 e. The number of nitrogens with zero attached hydrogens (tertiary/aromatic N) is 1. The summed E-state index contributed by atoms with van der Waals surface area (Å²) in [6.07, 6.45) is -9.21. The molecule has 1 unspecified atom stereocenters. The van der Waals surface area contributed by atoms with E-state index in [0.717, 1.165) is 0 Å². The summed E-state index contributed by atoms with van der Waals surface area (Å²) in [6.45, 7) is 4.31. The van der Waals surface area contributed by atoms with E-state index in [4.69, 9.17) is 0 Å². The van der Waals surface area contributed by atoms with Crippen molar-refractivity contribution >= 4 is 26.9 Å². The Morgan fingerprint density at radius 1 is 1.17 bits per heavy atom. The van der Waals surface area contributed by atoms with E-state index in [1.807, 2.05) is 4.72 Å². The first-order valence-electron chi connectivity index (χ1n) is 6.11. The maximum absolute atomic E-state index is 13.2. The summed E-state index contributed by atoms with van der Waals surface area (Å²) in [6, 6.07) is -2.25. The molecule has 1 aromatic rings. The normalized spacial score (nSPS) is 16.3. The van der Waals surface area contributed by atoms with E-state index in [-0.39, 0.29) is 10.5 Å². The number of hydrogen-bond donors (Lipinski definition) is 1. The third-order valence-corrected chi connectivity index (χ3v) is 4.82. The largest absolute Gasteiger partial charge is 0.433 e. The molecule has 132 valence electrons. The van der Waals surface area contributed by atoms with Crippen LogP contribution in [0.1, 0.15) is 38.1 Å². The zero-order valence-electron chi connectivity index (χ0n) is 12.1. The lowest BCUT2D eigenvalue weighted by Gasteiger charge is -2.27. The zero-order valence-corrected chi connectivity index (χ0v) is 14.5. The van der Waals surface area contributed by atoms with Crippen molar-refractivity contribution in [3.05, 3.63) is 28.0 Å². The Bertz CT molecular complexity index is 597. The highest BCUT2D eigenvalue weighted by molar-refractivity contribution is 9.10. The van der Waals surface area contributed by atoms with Crippen LogP contribution in [0.2, 0.25) is 0 Å². The van der Waals surface area contributed by atoms with Gasteiger partial charge >= 0.3 is 12.4 Å². The second kappa shape index (κ2) is 6.67. The second-order valence-electron chi connectivity index (χ2n) is 5.56. The molecule has 0 bridgehead atoms. The highest BCUT2D eigenvalue weighted by atomic mass is 79.9. The van der Waals surface area contributed by atoms with Gasteiger partial charge in [-0.25, -0.2) is 8.93 Å². The van der Waals surface area contributed by atoms with Crippen LogP contribution in [0.15, 0.2) is 16.7 Å². The molecule has 0 amide bonds. The van der Waals surface area contributed by atoms with Gasteiger partial charge in [-0.05, 0) is 48.3 Å². The minimum absolute atomic E-state index is 0.272. The third kappa shape index (κ3) is 5.42. The van der Waals surface area contributed by atoms with Gasteiger partial charge in [-0.3, -0.25) is 4.98 Å². The van der Waals surface area contributed by atoms with Crippen molar-refractivity contribution in [3.8, 4) is 0 Å². The molecule has 0 fully saturated rings. The molecular weight excluding hydrogens is 414 g/mol. The fraction of sp³-hybridized carbons (Fsp3) is 0.583. The quantitative estimate of drug-likeness (QED) is 0.722. The number of aromatic nitrogens is 1. The van der Waals surface area contributed by atoms with Crippen LogP contribution < -0.4 is 4.72 Å². The molecule has 2 atom stereocenters. The summed E-state index contributed by atoms with van der Waals surface area (Å²) in [5.74, 6) is 0. The van der Waals surface area contributed by atoms with Crippen LogP contribution in [-0.2, 0) is 17.2 Å². The van der Waals surface area contributed by atoms with Gasteiger partial charge in [0.1, 0.15) is 11.7 Å². The van der Waals surface area contributed by atoms with Crippen molar-refractivity contribution in [2.45, 2.75) is 43.9 Å². The molecule has 3 nitrogen and oxygen atoms in total. The topological polar surface area (TPSA) is 42.0 Å². The number of pyridine rings is 1. The maximum Gasteiger partial charge on any atom is 0.433 e. The molecule has 0 saturated carbocycles. The molecular formula is C12H13BrF6N2OS. The molecule has 0 aliphatic carbocycles. The van der Waals surface area contributed by atoms with Gasteiger partial charge in [-0.1, -0.05) is 0 Å². The Kier molecular flexibility index (Phi) is 5.91. The number of rotatable bonds is 3. The molecule has 0 spiro atoms. The molecule has 0 aliphatic rings. The minimum atomic E-state index is -4.95. The first kappa shape index (κ1) is 20.4. The van der Waals surface area contributed by atoms with Crippen LogP contribution in [0.25, 0.3) is 0 Å². The lowest BCUT2D eigenvalue weighted by atomic mass is 10.1. The van der Waals surface area contributed by atoms with Crippen molar-refractivity contribution in [3.63, 3.8) is 0 Å². The first-order chi connectivity index (χ1) is 10.1. The van der Waals surface area contributed by atoms with Crippen molar-refractivity contribution in [2.75, 3.05) is 0 Å². The van der Waals surface area contributed by atoms with Crippen LogP contribution in [-0.4, -0.2) is 20.1 Å². The van der Waals surface area contributed by atoms with Gasteiger partial charge < -0.3 is 0 Å². The Hall–Kier alpha value is -0.680. The summed E-state index contributed by atoms with van der Waals surface area (Å²) < 4.78 is 90.2. The lowest BCUT2D eigenvalue weighted by molar-refractivity contribution is -0.154. The van der Waals surface area contributed by atoms with E-state index in [1.165, 1.54) is 20.8 Å². The van der Waals surface area contributed by atoms with Gasteiger partial charge in [0.2, 0.25) is 0 Å². The molecule has 1 rings (SSSR count). The van der Waals surface area contributed by atoms with Gasteiger partial charge in [-0.2, -0.15) is 26.3 Å². The summed E-state index contributed by atoms with van der Waals surface area (Å²) in [5.41, 5.74) is -2.20. The minimum Gasteiger partial charge on any atom is -0.251 e. The number of nitrogens with one attached hydrogen (secondary N) is 1. The predicted octanol–water partition coefficient (Wildman–Crippen LogP) is 4.52. The average molecular weight is 427 g/mol. The number of alkyl halides is 6. The molecule has 11 heteroatoms. The molecule has 0 aliphatic heterocycles. The van der Waals surface area contributed by atoms with Gasteiger partial charge in [0.15, 0.2) is 0 Å². The molecule has 0 radical (unpaired) electrons. The van der Waals surface area contributed by atoms with Crippen molar-refractivity contribution in [1.29, 1.82) is 0 Å². The summed E-state index contributed by atoms with van der Waals surface area (Å²) in [7, 11) is -2.14. The summed E-state index contributed by atoms with van der Waals surface area (Å²) in [4.78, 5) is 3.06. The van der Waals surface area contributed by atoms with E-state index in [0.29, 0.717) is 6.20 Å². The highest BCUT2D eigenvalue weighted by Crippen LogP contribution is 2.39. The van der Waals surface area contributed by atoms with Crippen molar-refractivity contribution in [2.24, 2.45) is 0 Å². The van der Waals surface area contributed by atoms with E-state index in [2.05, 4.69) is 20.9 Å². The standard InChI is InChI=1S/C12H13BrF6N2OS/c1-10(2,3)23(22)21-9(12(17,18)19)6-4-8(11(14,15)16)20-5-7(6)13/h4-5,9,21H,1-3H3/t9?,23-/m1/s1. The van der Waals surface area contributed by atoms with Gasteiger partial charge in [0, 0.05) is 10.7 Å². The summed E-state index contributed by atoms with van der Waals surface area (Å²) >= 11 is 2.76. The lowest BCUT2D eigenvalue weighted by Crippen LogP contribution is -2.41. The Morgan fingerprint density at radius 3 is 2.09 bits per heavy atom. The molecule has 1 heterocycles. The van der Waals surface area contributed by atoms with E-state index < -0.39 is 45.4 Å². The third-order valence-electron chi connectivity index (χ3n) is 2.59. The molecule has 1 aromatic heterocycles. The monoisotopic (exact) mass is 426 g/mol. The number of hydrogen-bond acceptors (Lipinski definition) is 2. The van der Waals surface area contributed by atoms with E-state index >= 15 is 0 Å². The van der Waals surface area contributed by atoms with Gasteiger partial charge in [0.05, 0.1) is 15.7 Å². The maximum atomic E-state index is 13.2. The summed E-state index contributed by atoms with van der Waals surface area (Å²) in [5, 5.41) is 0. The zero-order chi connectivity index (χ0) is 18.2. The number of halogens is 7. The molecule has 0 aromatic carbocycles. The Morgan fingerprint density at radius 2 is 1.70 bits per heavy atom. The first-order valence-corrected chi connectivity index (χ1v) is 8.05. The van der Waals surface area contributed by atoms with Crippen LogP contribution in [0, 0.1) is 0 Å². The predicted molar refractivity (Wildman–Crippen MR) is 76.8 cm³/mol. The Labute approximate surface area is 139 Å². The fourth-order valence-corrected chi connectivity index (χ4v) is 2.69. The SMILES string of the molecule is CC(C)(C)[S@@](=O)NC(c1cc(C(F)(F)F)ncc1Br)C(F)(F)F. The molecule has 1 N–H and O–H groups in total. The van der Waals surface area contributed by atoms with E-state index in [9.17, 15) is 30.6 Å². The fourth-order valence-electron chi connectivity index (χ4n) is 1.42. The van der Waals surface area contributed by atoms with Crippen molar-refractivity contribution < 1.29 is 30.6 Å². The van der Waals surface area contributed by atoms with Crippen LogP contribution >= 0.6 is 15.9 Å². The van der Waals surface area contributed by atoms with Crippen LogP contribution in [0.5, 0.6) is 0 Å². The van der Waals surface area contributed by atoms with Crippen LogP contribution in [0.4, 0.5) is 26.3 Å². The van der Waals surface area contributed by atoms with Crippen LogP contribution in [0.3, 0.4) is 0 Å². The van der Waals surface area contributed by atoms with Gasteiger partial charge in [-0.15, -0.1) is 0 Å². The highest BCUT2D eigenvalue weighted by Gasteiger charge is 2.45.